The van der Waals surface area contributed by atoms with Gasteiger partial charge in [-0.3, -0.25) is 28.8 Å². The van der Waals surface area contributed by atoms with Gasteiger partial charge >= 0.3 is 35.8 Å². The Morgan fingerprint density at radius 1 is 0.514 bits per heavy atom. The van der Waals surface area contributed by atoms with Crippen molar-refractivity contribution in [3.05, 3.63) is 164 Å². The summed E-state index contributed by atoms with van der Waals surface area (Å²) < 4.78 is 30.9. The van der Waals surface area contributed by atoms with Crippen LogP contribution in [0.15, 0.2) is 131 Å². The Kier molecular flexibility index (Phi) is 17.8. The molecule has 0 aliphatic heterocycles. The Morgan fingerprint density at radius 3 is 1.29 bits per heavy atom. The van der Waals surface area contributed by atoms with E-state index in [2.05, 4.69) is 23.1 Å². The van der Waals surface area contributed by atoms with Crippen LogP contribution in [0, 0.1) is 0 Å². The fraction of sp³-hybridized carbons (Fsp3) is 0.245. The molecule has 17 heteroatoms. The minimum atomic E-state index is -0.741. The fourth-order valence-electron chi connectivity index (χ4n) is 7.27. The van der Waals surface area contributed by atoms with Gasteiger partial charge in [0.05, 0.1) is 40.7 Å². The smallest absolute Gasteiger partial charge is 0.343 e. The molecule has 0 saturated heterocycles. The summed E-state index contributed by atoms with van der Waals surface area (Å²) in [5.74, 6) is -5.89. The number of ketones is 2. The average molecular weight is 1060 g/mol. The second kappa shape index (κ2) is 24.1. The molecule has 70 heavy (non-hydrogen) atoms. The lowest BCUT2D eigenvalue weighted by Gasteiger charge is -2.27. The van der Waals surface area contributed by atoms with Crippen molar-refractivity contribution in [1.29, 1.82) is 0 Å². The molecule has 0 fully saturated rings. The van der Waals surface area contributed by atoms with Crippen LogP contribution in [0.4, 0.5) is 0 Å². The van der Waals surface area contributed by atoms with E-state index < -0.39 is 47.7 Å². The molecule has 6 rings (SSSR count). The summed E-state index contributed by atoms with van der Waals surface area (Å²) >= 11 is 1.71. The zero-order chi connectivity index (χ0) is 50.5. The molecule has 16 nitrogen and oxygen atoms in total. The normalized spacial score (nSPS) is 14.6. The SMILES string of the molecule is C=C(C)C(=O)OCCOC(=O)CCC(=O)Oc1cccc(C(C)C2=C/C(=C3/C=C(C(C)c4cccc(OC(=O)CCC(=O)OCCOC(=O)C(=C)I)n4)C(=O)c4ccccc43)c3ccccc3C2=O)n1. The van der Waals surface area contributed by atoms with Crippen LogP contribution < -0.4 is 9.47 Å². The third-order valence-electron chi connectivity index (χ3n) is 10.9. The monoisotopic (exact) mass is 1060 g/mol. The second-order valence-electron chi connectivity index (χ2n) is 15.9. The molecule has 2 aliphatic carbocycles. The highest BCUT2D eigenvalue weighted by Gasteiger charge is 2.34. The summed E-state index contributed by atoms with van der Waals surface area (Å²) in [6.45, 7) is 11.3. The van der Waals surface area contributed by atoms with Gasteiger partial charge in [0, 0.05) is 51.8 Å². The fourth-order valence-corrected chi connectivity index (χ4v) is 7.43. The molecule has 0 saturated carbocycles. The molecule has 2 atom stereocenters. The van der Waals surface area contributed by atoms with E-state index in [1.165, 1.54) is 19.1 Å². The minimum Gasteiger partial charge on any atom is -0.462 e. The number of ether oxygens (including phenoxy) is 6. The van der Waals surface area contributed by atoms with Gasteiger partial charge in [-0.05, 0) is 76.1 Å². The lowest BCUT2D eigenvalue weighted by molar-refractivity contribution is -0.151. The van der Waals surface area contributed by atoms with Crippen molar-refractivity contribution >= 4 is 81.1 Å². The Morgan fingerprint density at radius 2 is 0.886 bits per heavy atom. The minimum absolute atomic E-state index is 0.0389. The third kappa shape index (κ3) is 13.3. The Balaban J connectivity index is 1.21. The summed E-state index contributed by atoms with van der Waals surface area (Å²) in [6.07, 6.45) is 2.41. The molecule has 0 radical (unpaired) electrons. The molecule has 0 N–H and O–H groups in total. The van der Waals surface area contributed by atoms with Crippen LogP contribution in [0.2, 0.25) is 0 Å². The van der Waals surface area contributed by atoms with Gasteiger partial charge in [-0.1, -0.05) is 87.7 Å². The standard InChI is InChI=1S/C53H47IN2O14/c1-30(2)52(63)67-26-24-65-46(57)20-22-48(59)69-44-18-10-16-42(55-44)31(3)38-28-40(34-12-6-8-14-36(34)50(38)61)41-29-39(51(62)37-15-9-7-13-35(37)41)32(4)43-17-11-19-45(56-43)70-49(60)23-21-47(58)66-25-27-68-53(64)33(5)54/h6-19,28-29,31-32H,1,5,20-27H2,2-4H3/b41-40+. The molecule has 360 valence electrons. The first-order chi connectivity index (χ1) is 33.5. The summed E-state index contributed by atoms with van der Waals surface area (Å²) in [5.41, 5.74) is 5.34. The van der Waals surface area contributed by atoms with Gasteiger partial charge in [-0.15, -0.1) is 0 Å². The van der Waals surface area contributed by atoms with E-state index >= 15 is 0 Å². The van der Waals surface area contributed by atoms with Gasteiger partial charge in [-0.25, -0.2) is 19.6 Å². The molecular weight excluding hydrogens is 1020 g/mol. The number of pyridine rings is 2. The molecule has 2 aliphatic rings. The quantitative estimate of drug-likeness (QED) is 0.0267. The maximum atomic E-state index is 14.3. The van der Waals surface area contributed by atoms with Crippen LogP contribution in [0.5, 0.6) is 11.8 Å². The van der Waals surface area contributed by atoms with Crippen LogP contribution in [-0.4, -0.2) is 83.8 Å². The number of rotatable bonds is 20. The van der Waals surface area contributed by atoms with Crippen molar-refractivity contribution in [2.24, 2.45) is 0 Å². The number of fused-ring (bicyclic) bond motifs is 2. The summed E-state index contributed by atoms with van der Waals surface area (Å²) in [4.78, 5) is 111. The topological polar surface area (TPSA) is 218 Å². The van der Waals surface area contributed by atoms with Gasteiger partial charge in [0.25, 0.3) is 0 Å². The van der Waals surface area contributed by atoms with Crippen molar-refractivity contribution < 1.29 is 66.8 Å². The largest absolute Gasteiger partial charge is 0.462 e. The predicted octanol–water partition coefficient (Wildman–Crippen LogP) is 8.31. The number of aromatic nitrogens is 2. The number of carbonyl (C=O) groups is 8. The average Bonchev–Trinajstić information content (AvgIpc) is 3.35. The van der Waals surface area contributed by atoms with E-state index in [0.29, 0.717) is 55.9 Å². The van der Waals surface area contributed by atoms with Gasteiger partial charge in [0.15, 0.2) is 11.6 Å². The molecule has 0 amide bonds. The van der Waals surface area contributed by atoms with E-state index in [9.17, 15) is 38.4 Å². The number of Topliss-reactive ketones (excluding diaryl/α,β-unsaturated/α-hetero) is 2. The Bertz CT molecular complexity index is 2700. The van der Waals surface area contributed by atoms with E-state index in [-0.39, 0.29) is 84.6 Å². The van der Waals surface area contributed by atoms with Crippen molar-refractivity contribution in [1.82, 2.24) is 9.97 Å². The molecule has 2 aromatic carbocycles. The highest BCUT2D eigenvalue weighted by atomic mass is 127. The summed E-state index contributed by atoms with van der Waals surface area (Å²) in [5, 5.41) is 0. The Labute approximate surface area is 416 Å². The van der Waals surface area contributed by atoms with Gasteiger partial charge < -0.3 is 28.4 Å². The first-order valence-electron chi connectivity index (χ1n) is 22.0. The van der Waals surface area contributed by atoms with Crippen LogP contribution in [0.1, 0.15) is 102 Å². The molecule has 4 aromatic rings. The number of esters is 6. The van der Waals surface area contributed by atoms with Gasteiger partial charge in [0.1, 0.15) is 26.4 Å². The number of halogens is 1. The number of benzene rings is 2. The third-order valence-corrected chi connectivity index (χ3v) is 11.3. The predicted molar refractivity (Wildman–Crippen MR) is 261 cm³/mol. The van der Waals surface area contributed by atoms with E-state index in [0.717, 1.165) is 0 Å². The lowest BCUT2D eigenvalue weighted by Crippen LogP contribution is -2.20. The number of allylic oxidation sites excluding steroid dienone is 6. The highest BCUT2D eigenvalue weighted by molar-refractivity contribution is 14.1. The molecular formula is C53H47IN2O14. The molecule has 2 unspecified atom stereocenters. The van der Waals surface area contributed by atoms with Crippen LogP contribution in [0.25, 0.3) is 11.1 Å². The van der Waals surface area contributed by atoms with Gasteiger partial charge in [0.2, 0.25) is 11.8 Å². The second-order valence-corrected chi connectivity index (χ2v) is 17.2. The maximum Gasteiger partial charge on any atom is 0.343 e. The number of carbonyl (C=O) groups excluding carboxylic acids is 8. The van der Waals surface area contributed by atoms with Crippen LogP contribution >= 0.6 is 22.6 Å². The molecule has 2 aromatic heterocycles. The molecule has 0 bridgehead atoms. The molecule has 0 spiro atoms. The van der Waals surface area contributed by atoms with Crippen LogP contribution in [-0.2, 0) is 47.7 Å². The lowest BCUT2D eigenvalue weighted by atomic mass is 9.75. The first-order valence-corrected chi connectivity index (χ1v) is 23.1. The van der Waals surface area contributed by atoms with Crippen molar-refractivity contribution in [2.45, 2.75) is 58.3 Å². The van der Waals surface area contributed by atoms with E-state index in [1.54, 1.807) is 83.3 Å². The number of nitrogens with zero attached hydrogens (tertiary/aromatic N) is 2. The zero-order valence-electron chi connectivity index (χ0n) is 38.5. The Hall–Kier alpha value is -7.67. The maximum absolute atomic E-state index is 14.3. The van der Waals surface area contributed by atoms with E-state index in [4.69, 9.17) is 28.4 Å². The highest BCUT2D eigenvalue weighted by Crippen LogP contribution is 2.44. The summed E-state index contributed by atoms with van der Waals surface area (Å²) in [6, 6.07) is 24.0. The molecule has 2 heterocycles. The first kappa shape index (κ1) is 51.7. The van der Waals surface area contributed by atoms with Crippen LogP contribution in [0.3, 0.4) is 0 Å². The number of hydrogen-bond acceptors (Lipinski definition) is 16. The van der Waals surface area contributed by atoms with Crippen molar-refractivity contribution in [2.75, 3.05) is 26.4 Å². The van der Waals surface area contributed by atoms with E-state index in [1.807, 2.05) is 38.1 Å². The summed E-state index contributed by atoms with van der Waals surface area (Å²) in [7, 11) is 0. The zero-order valence-corrected chi connectivity index (χ0v) is 40.6. The van der Waals surface area contributed by atoms with Gasteiger partial charge in [-0.2, -0.15) is 0 Å². The van der Waals surface area contributed by atoms with Crippen molar-refractivity contribution in [3.63, 3.8) is 0 Å². The van der Waals surface area contributed by atoms with Crippen molar-refractivity contribution in [3.8, 4) is 11.8 Å². The number of hydrogen-bond donors (Lipinski definition) is 0.